The average Bonchev–Trinajstić information content (AvgIpc) is 2.64. The van der Waals surface area contributed by atoms with Crippen molar-refractivity contribution in [2.24, 2.45) is 0 Å². The van der Waals surface area contributed by atoms with Gasteiger partial charge in [-0.3, -0.25) is 0 Å². The molecule has 2 heteroatoms. The zero-order valence-corrected chi connectivity index (χ0v) is 7.71. The third kappa shape index (κ3) is 5.65. The Balaban J connectivity index is 0.000000189. The second kappa shape index (κ2) is 7.98. The van der Waals surface area contributed by atoms with Crippen molar-refractivity contribution >= 4 is 11.3 Å². The van der Waals surface area contributed by atoms with Crippen LogP contribution in [0.3, 0.4) is 0 Å². The number of hydrogen-bond donors (Lipinski definition) is 1. The van der Waals surface area contributed by atoms with E-state index in [4.69, 9.17) is 0 Å². The Bertz CT molecular complexity index is 196. The van der Waals surface area contributed by atoms with Crippen LogP contribution in [0.25, 0.3) is 0 Å². The molecule has 0 atom stereocenters. The van der Waals surface area contributed by atoms with Crippen LogP contribution in [0.1, 0.15) is 0 Å². The van der Waals surface area contributed by atoms with E-state index in [0.29, 0.717) is 0 Å². The van der Waals surface area contributed by atoms with E-state index in [1.165, 1.54) is 0 Å². The van der Waals surface area contributed by atoms with Crippen molar-refractivity contribution in [1.29, 1.82) is 0 Å². The summed E-state index contributed by atoms with van der Waals surface area (Å²) >= 11 is 1.71. The summed E-state index contributed by atoms with van der Waals surface area (Å²) in [4.78, 5) is 0. The van der Waals surface area contributed by atoms with Gasteiger partial charge >= 0.3 is 0 Å². The van der Waals surface area contributed by atoms with Gasteiger partial charge in [0.15, 0.2) is 0 Å². The molecule has 1 aromatic carbocycles. The zero-order chi connectivity index (χ0) is 7.78. The van der Waals surface area contributed by atoms with Gasteiger partial charge in [0.1, 0.15) is 0 Å². The van der Waals surface area contributed by atoms with E-state index in [1.54, 1.807) is 11.3 Å². The average molecular weight is 179 g/mol. The van der Waals surface area contributed by atoms with Crippen LogP contribution in [-0.2, 0) is 0 Å². The van der Waals surface area contributed by atoms with Crippen molar-refractivity contribution < 1.29 is 0 Å². The minimum Gasteiger partial charge on any atom is -0.344 e. The molecule has 0 aliphatic heterocycles. The first-order valence-electron chi connectivity index (χ1n) is 3.47. The molecule has 1 heterocycles. The Kier molecular flexibility index (Phi) is 7.24. The van der Waals surface area contributed by atoms with Crippen molar-refractivity contribution in [3.05, 3.63) is 59.3 Å². The first-order valence-corrected chi connectivity index (χ1v) is 4.41. The highest BCUT2D eigenvalue weighted by Gasteiger charge is 1.58. The first-order chi connectivity index (χ1) is 5.50. The highest BCUT2D eigenvalue weighted by atomic mass is 32.1. The molecular weight excluding hydrogens is 166 g/mol. The molecule has 0 bridgehead atoms. The van der Waals surface area contributed by atoms with Gasteiger partial charge in [0.05, 0.1) is 0 Å². The summed E-state index contributed by atoms with van der Waals surface area (Å²) in [5.74, 6) is 0. The molecule has 1 nitrogen and oxygen atoms in total. The molecule has 1 aromatic heterocycles. The molecule has 0 saturated carbocycles. The second-order valence-electron chi connectivity index (χ2n) is 1.95. The summed E-state index contributed by atoms with van der Waals surface area (Å²) in [6.45, 7) is 0. The van der Waals surface area contributed by atoms with Gasteiger partial charge in [0.2, 0.25) is 0 Å². The Morgan fingerprint density at radius 1 is 0.500 bits per heavy atom. The van der Waals surface area contributed by atoms with Crippen LogP contribution < -0.4 is 6.15 Å². The molecule has 64 valence electrons. The lowest BCUT2D eigenvalue weighted by Gasteiger charge is -1.69. The summed E-state index contributed by atoms with van der Waals surface area (Å²) in [6, 6.07) is 16.0. The fraction of sp³-hybridized carbons (Fsp3) is 0. The molecule has 3 N–H and O–H groups in total. The Morgan fingerprint density at radius 2 is 0.833 bits per heavy atom. The predicted molar refractivity (Wildman–Crippen MR) is 55.8 cm³/mol. The molecule has 12 heavy (non-hydrogen) atoms. The highest BCUT2D eigenvalue weighted by molar-refractivity contribution is 7.07. The maximum Gasteiger partial charge on any atom is -0.00934 e. The summed E-state index contributed by atoms with van der Waals surface area (Å²) in [5.41, 5.74) is 0. The number of hydrogen-bond acceptors (Lipinski definition) is 2. The topological polar surface area (TPSA) is 35.0 Å². The first kappa shape index (κ1) is 10.9. The van der Waals surface area contributed by atoms with Crippen LogP contribution in [0, 0.1) is 0 Å². The molecule has 0 aliphatic carbocycles. The fourth-order valence-electron chi connectivity index (χ4n) is 0.612. The van der Waals surface area contributed by atoms with Crippen LogP contribution in [-0.4, -0.2) is 0 Å². The van der Waals surface area contributed by atoms with Gasteiger partial charge in [0, 0.05) is 0 Å². The third-order valence-electron chi connectivity index (χ3n) is 1.09. The minimum absolute atomic E-state index is 0. The monoisotopic (exact) mass is 179 g/mol. The smallest absolute Gasteiger partial charge is 0.00934 e. The lowest BCUT2D eigenvalue weighted by Crippen LogP contribution is -1.47. The van der Waals surface area contributed by atoms with E-state index in [9.17, 15) is 0 Å². The van der Waals surface area contributed by atoms with E-state index in [2.05, 4.69) is 0 Å². The molecule has 0 unspecified atom stereocenters. The van der Waals surface area contributed by atoms with Crippen LogP contribution in [0.15, 0.2) is 59.3 Å². The molecular formula is C10H13NS. The molecule has 2 aromatic rings. The maximum absolute atomic E-state index is 2.04. The lowest BCUT2D eigenvalue weighted by atomic mass is 10.4. The maximum atomic E-state index is 2.04. The quantitative estimate of drug-likeness (QED) is 0.659. The second-order valence-corrected chi connectivity index (χ2v) is 2.76. The Morgan fingerprint density at radius 3 is 1.00 bits per heavy atom. The Hall–Kier alpha value is -1.12. The van der Waals surface area contributed by atoms with Crippen LogP contribution in [0.5, 0.6) is 0 Å². The molecule has 0 saturated heterocycles. The lowest BCUT2D eigenvalue weighted by molar-refractivity contribution is 1.72. The van der Waals surface area contributed by atoms with Crippen LogP contribution >= 0.6 is 11.3 Å². The number of thiophene rings is 1. The van der Waals surface area contributed by atoms with E-state index < -0.39 is 0 Å². The van der Waals surface area contributed by atoms with E-state index in [-0.39, 0.29) is 6.15 Å². The van der Waals surface area contributed by atoms with Crippen molar-refractivity contribution in [2.45, 2.75) is 0 Å². The van der Waals surface area contributed by atoms with Crippen molar-refractivity contribution in [1.82, 2.24) is 6.15 Å². The van der Waals surface area contributed by atoms with Crippen LogP contribution in [0.2, 0.25) is 0 Å². The van der Waals surface area contributed by atoms with Gasteiger partial charge in [-0.25, -0.2) is 0 Å². The molecule has 0 fully saturated rings. The largest absolute Gasteiger partial charge is 0.344 e. The van der Waals surface area contributed by atoms with E-state index >= 15 is 0 Å². The number of benzene rings is 1. The molecule has 2 rings (SSSR count). The molecule has 0 spiro atoms. The summed E-state index contributed by atoms with van der Waals surface area (Å²) in [5, 5.41) is 4.08. The Labute approximate surface area is 77.3 Å². The zero-order valence-electron chi connectivity index (χ0n) is 6.89. The summed E-state index contributed by atoms with van der Waals surface area (Å²) in [6.07, 6.45) is 0. The fourth-order valence-corrected chi connectivity index (χ4v) is 1.07. The molecule has 0 aliphatic rings. The third-order valence-corrected chi connectivity index (χ3v) is 1.72. The minimum atomic E-state index is 0. The highest BCUT2D eigenvalue weighted by Crippen LogP contribution is 1.91. The van der Waals surface area contributed by atoms with Gasteiger partial charge in [0.25, 0.3) is 0 Å². The SMILES string of the molecule is N.c1ccccc1.c1ccsc1. The van der Waals surface area contributed by atoms with Gasteiger partial charge in [-0.1, -0.05) is 48.5 Å². The van der Waals surface area contributed by atoms with Gasteiger partial charge in [-0.15, -0.1) is 0 Å². The summed E-state index contributed by atoms with van der Waals surface area (Å²) in [7, 11) is 0. The van der Waals surface area contributed by atoms with Gasteiger partial charge < -0.3 is 6.15 Å². The van der Waals surface area contributed by atoms with E-state index in [0.717, 1.165) is 0 Å². The standard InChI is InChI=1S/C6H6.C4H4S.H3N/c1-2-4-6-5-3-1;1-2-4-5-3-1;/h1-6H;1-4H;1H3. The predicted octanol–water partition coefficient (Wildman–Crippen LogP) is 3.60. The number of rotatable bonds is 0. The summed E-state index contributed by atoms with van der Waals surface area (Å²) < 4.78 is 0. The molecule has 0 amide bonds. The van der Waals surface area contributed by atoms with Crippen molar-refractivity contribution in [3.8, 4) is 0 Å². The van der Waals surface area contributed by atoms with Gasteiger partial charge in [-0.2, -0.15) is 11.3 Å². The van der Waals surface area contributed by atoms with Gasteiger partial charge in [-0.05, 0) is 10.8 Å². The van der Waals surface area contributed by atoms with Crippen molar-refractivity contribution in [2.75, 3.05) is 0 Å². The molecule has 0 radical (unpaired) electrons. The van der Waals surface area contributed by atoms with Crippen LogP contribution in [0.4, 0.5) is 0 Å². The van der Waals surface area contributed by atoms with E-state index in [1.807, 2.05) is 59.3 Å². The normalized spacial score (nSPS) is 7.33. The van der Waals surface area contributed by atoms with Crippen molar-refractivity contribution in [3.63, 3.8) is 0 Å².